The molecule has 1 unspecified atom stereocenters. The van der Waals surface area contributed by atoms with E-state index in [2.05, 4.69) is 10.2 Å². The highest BCUT2D eigenvalue weighted by Crippen LogP contribution is 2.20. The third-order valence-electron chi connectivity index (χ3n) is 4.80. The van der Waals surface area contributed by atoms with Gasteiger partial charge >= 0.3 is 0 Å². The van der Waals surface area contributed by atoms with Crippen LogP contribution in [0, 0.1) is 0 Å². The van der Waals surface area contributed by atoms with Crippen LogP contribution in [-0.4, -0.2) is 78.2 Å². The van der Waals surface area contributed by atoms with Crippen molar-refractivity contribution >= 4 is 21.8 Å². The fourth-order valence-corrected chi connectivity index (χ4v) is 4.76. The van der Waals surface area contributed by atoms with Crippen LogP contribution in [0.2, 0.25) is 0 Å². The van der Waals surface area contributed by atoms with Crippen molar-refractivity contribution in [3.05, 3.63) is 12.1 Å². The lowest BCUT2D eigenvalue weighted by molar-refractivity contribution is -0.147. The van der Waals surface area contributed by atoms with Gasteiger partial charge < -0.3 is 9.47 Å². The van der Waals surface area contributed by atoms with Gasteiger partial charge in [0.2, 0.25) is 33.6 Å². The number of carbonyl (C=O) groups excluding carboxylic acids is 2. The maximum atomic E-state index is 12.7. The van der Waals surface area contributed by atoms with E-state index < -0.39 is 10.0 Å². The van der Waals surface area contributed by atoms with Gasteiger partial charge in [0, 0.05) is 38.1 Å². The molecule has 1 atom stereocenters. The Morgan fingerprint density at radius 3 is 2.43 bits per heavy atom. The maximum absolute atomic E-state index is 12.7. The van der Waals surface area contributed by atoms with E-state index in [1.165, 1.54) is 11.4 Å². The molecule has 154 valence electrons. The molecule has 3 heterocycles. The predicted octanol–water partition coefficient (Wildman–Crippen LogP) is 0.197. The van der Waals surface area contributed by atoms with Gasteiger partial charge in [0.15, 0.2) is 0 Å². The van der Waals surface area contributed by atoms with Gasteiger partial charge in [-0.15, -0.1) is 10.2 Å². The standard InChI is InChI=1S/C17H24N4O6S/c1-26-14-7-8-15(19-18-14)27-13-4-3-9-20(12-13)28(24,25)11-10-21-16(22)5-2-6-17(21)23/h7-8,13H,2-6,9-12H2,1H3. The summed E-state index contributed by atoms with van der Waals surface area (Å²) in [5, 5.41) is 7.73. The van der Waals surface area contributed by atoms with Crippen molar-refractivity contribution in [1.29, 1.82) is 0 Å². The molecule has 0 N–H and O–H groups in total. The van der Waals surface area contributed by atoms with Gasteiger partial charge in [-0.05, 0) is 19.3 Å². The summed E-state index contributed by atoms with van der Waals surface area (Å²) < 4.78 is 37.5. The number of ether oxygens (including phenoxy) is 2. The number of likely N-dealkylation sites (tertiary alicyclic amines) is 1. The summed E-state index contributed by atoms with van der Waals surface area (Å²) in [7, 11) is -2.13. The van der Waals surface area contributed by atoms with Crippen molar-refractivity contribution in [3.63, 3.8) is 0 Å². The minimum absolute atomic E-state index is 0.105. The van der Waals surface area contributed by atoms with Crippen LogP contribution in [0.4, 0.5) is 0 Å². The first kappa shape index (κ1) is 20.5. The van der Waals surface area contributed by atoms with Crippen molar-refractivity contribution in [2.24, 2.45) is 0 Å². The molecule has 1 aromatic heterocycles. The van der Waals surface area contributed by atoms with E-state index in [1.807, 2.05) is 0 Å². The Kier molecular flexibility index (Phi) is 6.45. The van der Waals surface area contributed by atoms with E-state index in [1.54, 1.807) is 12.1 Å². The molecule has 28 heavy (non-hydrogen) atoms. The smallest absolute Gasteiger partial charge is 0.233 e. The van der Waals surface area contributed by atoms with E-state index in [0.29, 0.717) is 37.6 Å². The first-order chi connectivity index (χ1) is 13.4. The highest BCUT2D eigenvalue weighted by atomic mass is 32.2. The lowest BCUT2D eigenvalue weighted by Gasteiger charge is -2.32. The van der Waals surface area contributed by atoms with Gasteiger partial charge in [-0.2, -0.15) is 4.31 Å². The summed E-state index contributed by atoms with van der Waals surface area (Å²) in [6.07, 6.45) is 2.10. The molecule has 3 rings (SSSR count). The van der Waals surface area contributed by atoms with Gasteiger partial charge in [-0.3, -0.25) is 14.5 Å². The third kappa shape index (κ3) is 4.96. The average molecular weight is 412 g/mol. The van der Waals surface area contributed by atoms with Crippen LogP contribution in [0.1, 0.15) is 32.1 Å². The van der Waals surface area contributed by atoms with Crippen LogP contribution in [0.25, 0.3) is 0 Å². The number of carbonyl (C=O) groups is 2. The summed E-state index contributed by atoms with van der Waals surface area (Å²) in [6.45, 7) is 0.474. The topological polar surface area (TPSA) is 119 Å². The molecule has 11 heteroatoms. The minimum Gasteiger partial charge on any atom is -0.480 e. The zero-order valence-corrected chi connectivity index (χ0v) is 16.6. The molecular formula is C17H24N4O6S. The lowest BCUT2D eigenvalue weighted by Crippen LogP contribution is -2.48. The van der Waals surface area contributed by atoms with Crippen LogP contribution < -0.4 is 9.47 Å². The molecule has 0 spiro atoms. The maximum Gasteiger partial charge on any atom is 0.233 e. The lowest BCUT2D eigenvalue weighted by atomic mass is 10.1. The van der Waals surface area contributed by atoms with Crippen molar-refractivity contribution in [2.75, 3.05) is 32.5 Å². The normalized spacial score (nSPS) is 21.6. The number of methoxy groups -OCH3 is 1. The van der Waals surface area contributed by atoms with E-state index in [9.17, 15) is 18.0 Å². The molecule has 2 amide bonds. The Hall–Kier alpha value is -2.27. The molecule has 2 aliphatic rings. The molecular weight excluding hydrogens is 388 g/mol. The Balaban J connectivity index is 1.57. The van der Waals surface area contributed by atoms with Crippen LogP contribution in [0.3, 0.4) is 0 Å². The summed E-state index contributed by atoms with van der Waals surface area (Å²) in [5.74, 6) is -0.218. The SMILES string of the molecule is COc1ccc(OC2CCCN(S(=O)(=O)CCN3C(=O)CCCC3=O)C2)nn1. The Labute approximate surface area is 163 Å². The molecule has 0 radical (unpaired) electrons. The quantitative estimate of drug-likeness (QED) is 0.583. The van der Waals surface area contributed by atoms with Crippen molar-refractivity contribution < 1.29 is 27.5 Å². The number of hydrogen-bond donors (Lipinski definition) is 0. The highest BCUT2D eigenvalue weighted by molar-refractivity contribution is 7.89. The third-order valence-corrected chi connectivity index (χ3v) is 6.62. The van der Waals surface area contributed by atoms with E-state index in [0.717, 1.165) is 4.90 Å². The number of nitrogens with zero attached hydrogens (tertiary/aromatic N) is 4. The number of rotatable bonds is 7. The average Bonchev–Trinajstić information content (AvgIpc) is 2.68. The van der Waals surface area contributed by atoms with E-state index >= 15 is 0 Å². The van der Waals surface area contributed by atoms with Gasteiger partial charge in [0.25, 0.3) is 0 Å². The molecule has 1 aromatic rings. The van der Waals surface area contributed by atoms with Gasteiger partial charge in [0.1, 0.15) is 6.10 Å². The molecule has 0 bridgehead atoms. The zero-order chi connectivity index (χ0) is 20.1. The summed E-state index contributed by atoms with van der Waals surface area (Å²) >= 11 is 0. The summed E-state index contributed by atoms with van der Waals surface area (Å²) in [4.78, 5) is 24.8. The fraction of sp³-hybridized carbons (Fsp3) is 0.647. The van der Waals surface area contributed by atoms with Gasteiger partial charge in [-0.1, -0.05) is 0 Å². The van der Waals surface area contributed by atoms with E-state index in [4.69, 9.17) is 9.47 Å². The Morgan fingerprint density at radius 2 is 1.79 bits per heavy atom. The second kappa shape index (κ2) is 8.82. The molecule has 0 aliphatic carbocycles. The van der Waals surface area contributed by atoms with Crippen molar-refractivity contribution in [2.45, 2.75) is 38.2 Å². The highest BCUT2D eigenvalue weighted by Gasteiger charge is 2.32. The second-order valence-corrected chi connectivity index (χ2v) is 8.85. The van der Waals surface area contributed by atoms with Gasteiger partial charge in [0.05, 0.1) is 19.4 Å². The molecule has 2 fully saturated rings. The fourth-order valence-electron chi connectivity index (χ4n) is 3.29. The first-order valence-corrected chi connectivity index (χ1v) is 10.9. The number of sulfonamides is 1. The second-order valence-electron chi connectivity index (χ2n) is 6.76. The summed E-state index contributed by atoms with van der Waals surface area (Å²) in [5.41, 5.74) is 0. The number of hydrogen-bond acceptors (Lipinski definition) is 8. The van der Waals surface area contributed by atoms with Crippen LogP contribution in [-0.2, 0) is 19.6 Å². The summed E-state index contributed by atoms with van der Waals surface area (Å²) in [6, 6.07) is 3.24. The zero-order valence-electron chi connectivity index (χ0n) is 15.7. The van der Waals surface area contributed by atoms with Crippen LogP contribution in [0.5, 0.6) is 11.8 Å². The number of aromatic nitrogens is 2. The molecule has 10 nitrogen and oxygen atoms in total. The van der Waals surface area contributed by atoms with Crippen molar-refractivity contribution in [3.8, 4) is 11.8 Å². The molecule has 2 aliphatic heterocycles. The predicted molar refractivity (Wildman–Crippen MR) is 98.2 cm³/mol. The molecule has 2 saturated heterocycles. The Bertz CT molecular complexity index is 797. The first-order valence-electron chi connectivity index (χ1n) is 9.24. The largest absolute Gasteiger partial charge is 0.480 e. The van der Waals surface area contributed by atoms with Gasteiger partial charge in [-0.25, -0.2) is 8.42 Å². The van der Waals surface area contributed by atoms with E-state index in [-0.39, 0.29) is 49.6 Å². The van der Waals surface area contributed by atoms with Crippen LogP contribution in [0.15, 0.2) is 12.1 Å². The molecule has 0 aromatic carbocycles. The number of piperidine rings is 2. The Morgan fingerprint density at radius 1 is 1.11 bits per heavy atom. The monoisotopic (exact) mass is 412 g/mol. The minimum atomic E-state index is -3.61. The number of amides is 2. The molecule has 0 saturated carbocycles. The number of imide groups is 1. The van der Waals surface area contributed by atoms with Crippen LogP contribution >= 0.6 is 0 Å². The van der Waals surface area contributed by atoms with Crippen molar-refractivity contribution in [1.82, 2.24) is 19.4 Å².